The molecule has 0 aromatic heterocycles. The highest BCUT2D eigenvalue weighted by Crippen LogP contribution is 2.08. The monoisotopic (exact) mass is 133 g/mol. The minimum absolute atomic E-state index is 0. The smallest absolute Gasteiger partial charge is 0.304 e. The normalized spacial score (nSPS) is 9.57. The third-order valence-corrected chi connectivity index (χ3v) is 0.164. The highest BCUT2D eigenvalue weighted by Gasteiger charge is 2.21. The summed E-state index contributed by atoms with van der Waals surface area (Å²) in [4.78, 5) is 0. The number of rotatable bonds is 0. The Balaban J connectivity index is 0. The SMILES string of the molecule is Cl.N=CC(F)(F)F. The van der Waals surface area contributed by atoms with Crippen molar-refractivity contribution >= 4 is 18.6 Å². The van der Waals surface area contributed by atoms with E-state index in [0.29, 0.717) is 0 Å². The highest BCUT2D eigenvalue weighted by atomic mass is 35.5. The molecule has 0 rings (SSSR count). The van der Waals surface area contributed by atoms with E-state index in [0.717, 1.165) is 0 Å². The van der Waals surface area contributed by atoms with Gasteiger partial charge in [0.05, 0.1) is 6.21 Å². The van der Waals surface area contributed by atoms with Gasteiger partial charge in [0.2, 0.25) is 0 Å². The summed E-state index contributed by atoms with van der Waals surface area (Å²) >= 11 is 0. The van der Waals surface area contributed by atoms with Crippen LogP contribution in [0.15, 0.2) is 0 Å². The zero-order valence-electron chi connectivity index (χ0n) is 3.12. The van der Waals surface area contributed by atoms with Crippen LogP contribution in [0.1, 0.15) is 0 Å². The molecule has 0 radical (unpaired) electrons. The van der Waals surface area contributed by atoms with Crippen LogP contribution < -0.4 is 0 Å². The van der Waals surface area contributed by atoms with Crippen molar-refractivity contribution in [2.75, 3.05) is 0 Å². The molecule has 0 bridgehead atoms. The predicted octanol–water partition coefficient (Wildman–Crippen LogP) is 1.62. The molecule has 7 heavy (non-hydrogen) atoms. The molecular weight excluding hydrogens is 130 g/mol. The lowest BCUT2D eigenvalue weighted by Gasteiger charge is -1.90. The van der Waals surface area contributed by atoms with Gasteiger partial charge in [-0.15, -0.1) is 12.4 Å². The Morgan fingerprint density at radius 3 is 1.43 bits per heavy atom. The first kappa shape index (κ1) is 9.89. The zero-order chi connectivity index (χ0) is 5.21. The fourth-order valence-electron chi connectivity index (χ4n) is 0. The molecule has 0 unspecified atom stereocenters. The van der Waals surface area contributed by atoms with Gasteiger partial charge in [0.25, 0.3) is 0 Å². The Kier molecular flexibility index (Phi) is 4.02. The molecule has 0 aliphatic heterocycles. The summed E-state index contributed by atoms with van der Waals surface area (Å²) in [5.74, 6) is 0. The van der Waals surface area contributed by atoms with E-state index in [1.807, 2.05) is 0 Å². The molecule has 0 atom stereocenters. The van der Waals surface area contributed by atoms with Gasteiger partial charge in [0, 0.05) is 0 Å². The van der Waals surface area contributed by atoms with Crippen molar-refractivity contribution < 1.29 is 13.2 Å². The maximum atomic E-state index is 10.5. The second kappa shape index (κ2) is 2.85. The molecular formula is C2H3ClF3N. The summed E-state index contributed by atoms with van der Waals surface area (Å²) in [5, 5.41) is 5.60. The third kappa shape index (κ3) is 10.7. The Morgan fingerprint density at radius 1 is 1.29 bits per heavy atom. The van der Waals surface area contributed by atoms with E-state index < -0.39 is 12.4 Å². The van der Waals surface area contributed by atoms with Gasteiger partial charge in [0.15, 0.2) is 0 Å². The van der Waals surface area contributed by atoms with Crippen molar-refractivity contribution in [1.82, 2.24) is 0 Å². The lowest BCUT2D eigenvalue weighted by atomic mass is 10.7. The minimum Gasteiger partial charge on any atom is -0.304 e. The van der Waals surface area contributed by atoms with E-state index in [9.17, 15) is 13.2 Å². The summed E-state index contributed by atoms with van der Waals surface area (Å²) in [7, 11) is 0. The number of hydrogen-bond acceptors (Lipinski definition) is 1. The van der Waals surface area contributed by atoms with Crippen molar-refractivity contribution in [2.45, 2.75) is 6.18 Å². The third-order valence-electron chi connectivity index (χ3n) is 0.164. The average molecular weight is 134 g/mol. The van der Waals surface area contributed by atoms with Crippen molar-refractivity contribution in [3.05, 3.63) is 0 Å². The topological polar surface area (TPSA) is 23.9 Å². The van der Waals surface area contributed by atoms with Crippen LogP contribution >= 0.6 is 12.4 Å². The second-order valence-electron chi connectivity index (χ2n) is 0.686. The Hall–Kier alpha value is -0.250. The van der Waals surface area contributed by atoms with E-state index in [-0.39, 0.29) is 12.4 Å². The van der Waals surface area contributed by atoms with E-state index in [2.05, 4.69) is 0 Å². The van der Waals surface area contributed by atoms with Crippen molar-refractivity contribution in [2.24, 2.45) is 0 Å². The van der Waals surface area contributed by atoms with E-state index in [4.69, 9.17) is 5.41 Å². The number of halogens is 4. The van der Waals surface area contributed by atoms with Gasteiger partial charge in [0.1, 0.15) is 0 Å². The van der Waals surface area contributed by atoms with Crippen LogP contribution in [-0.4, -0.2) is 12.4 Å². The highest BCUT2D eigenvalue weighted by molar-refractivity contribution is 5.85. The first-order valence-electron chi connectivity index (χ1n) is 1.14. The van der Waals surface area contributed by atoms with Crippen LogP contribution in [-0.2, 0) is 0 Å². The van der Waals surface area contributed by atoms with Crippen LogP contribution in [0.4, 0.5) is 13.2 Å². The average Bonchev–Trinajstić information content (AvgIpc) is 1.35. The van der Waals surface area contributed by atoms with Crippen molar-refractivity contribution in [3.63, 3.8) is 0 Å². The largest absolute Gasteiger partial charge is 0.425 e. The van der Waals surface area contributed by atoms with Crippen molar-refractivity contribution in [3.8, 4) is 0 Å². The van der Waals surface area contributed by atoms with Gasteiger partial charge in [-0.1, -0.05) is 0 Å². The quantitative estimate of drug-likeness (QED) is 0.486. The van der Waals surface area contributed by atoms with E-state index >= 15 is 0 Å². The number of hydrogen-bond donors (Lipinski definition) is 1. The van der Waals surface area contributed by atoms with Crippen LogP contribution in [0.3, 0.4) is 0 Å². The van der Waals surface area contributed by atoms with Gasteiger partial charge in [-0.05, 0) is 0 Å². The van der Waals surface area contributed by atoms with Crippen LogP contribution in [0.5, 0.6) is 0 Å². The Bertz CT molecular complexity index is 58.4. The molecule has 0 aromatic carbocycles. The van der Waals surface area contributed by atoms with Gasteiger partial charge < -0.3 is 5.41 Å². The molecule has 0 saturated heterocycles. The van der Waals surface area contributed by atoms with Gasteiger partial charge in [-0.25, -0.2) is 0 Å². The molecule has 0 amide bonds. The summed E-state index contributed by atoms with van der Waals surface area (Å²) in [6.07, 6.45) is -4.98. The molecule has 0 heterocycles. The molecule has 44 valence electrons. The Morgan fingerprint density at radius 2 is 1.43 bits per heavy atom. The molecule has 0 aliphatic rings. The predicted molar refractivity (Wildman–Crippen MR) is 22.1 cm³/mol. The van der Waals surface area contributed by atoms with Gasteiger partial charge >= 0.3 is 6.18 Å². The van der Waals surface area contributed by atoms with Crippen LogP contribution in [0.25, 0.3) is 0 Å². The number of alkyl halides is 3. The molecule has 1 nitrogen and oxygen atoms in total. The van der Waals surface area contributed by atoms with Gasteiger partial charge in [-0.3, -0.25) is 0 Å². The maximum Gasteiger partial charge on any atom is 0.425 e. The lowest BCUT2D eigenvalue weighted by Crippen LogP contribution is -2.06. The Labute approximate surface area is 44.4 Å². The fraction of sp³-hybridized carbons (Fsp3) is 0.500. The molecule has 0 aliphatic carbocycles. The summed E-state index contributed by atoms with van der Waals surface area (Å²) in [6, 6.07) is 0. The summed E-state index contributed by atoms with van der Waals surface area (Å²) in [5.41, 5.74) is 0. The zero-order valence-corrected chi connectivity index (χ0v) is 3.94. The first-order chi connectivity index (χ1) is 2.56. The molecule has 0 saturated carbocycles. The van der Waals surface area contributed by atoms with Crippen molar-refractivity contribution in [1.29, 1.82) is 5.41 Å². The maximum absolute atomic E-state index is 10.5. The molecule has 0 spiro atoms. The summed E-state index contributed by atoms with van der Waals surface area (Å²) < 4.78 is 31.6. The lowest BCUT2D eigenvalue weighted by molar-refractivity contribution is -0.0542. The number of nitrogens with one attached hydrogen (secondary N) is 1. The van der Waals surface area contributed by atoms with Crippen LogP contribution in [0.2, 0.25) is 0 Å². The van der Waals surface area contributed by atoms with E-state index in [1.54, 1.807) is 0 Å². The second-order valence-corrected chi connectivity index (χ2v) is 0.686. The molecule has 0 aromatic rings. The standard InChI is InChI=1S/C2H2F3N.ClH/c3-2(4,5)1-6;/h1,6H;1H. The minimum atomic E-state index is -4.42. The molecule has 0 fully saturated rings. The first-order valence-corrected chi connectivity index (χ1v) is 1.14. The van der Waals surface area contributed by atoms with E-state index in [1.165, 1.54) is 0 Å². The van der Waals surface area contributed by atoms with Gasteiger partial charge in [-0.2, -0.15) is 13.2 Å². The molecule has 5 heteroatoms. The molecule has 1 N–H and O–H groups in total. The summed E-state index contributed by atoms with van der Waals surface area (Å²) in [6.45, 7) is 0. The van der Waals surface area contributed by atoms with Crippen LogP contribution in [0, 0.1) is 5.41 Å². The fourth-order valence-corrected chi connectivity index (χ4v) is 0.